The molecule has 3 aromatic carbocycles. The van der Waals surface area contributed by atoms with Gasteiger partial charge in [-0.15, -0.1) is 0 Å². The van der Waals surface area contributed by atoms with Crippen molar-refractivity contribution in [3.05, 3.63) is 90.1 Å². The number of nitrogens with one attached hydrogen (secondary N) is 1. The number of carbonyl (C=O) groups excluding carboxylic acids is 1. The van der Waals surface area contributed by atoms with Gasteiger partial charge in [-0.25, -0.2) is 8.42 Å². The number of amides is 1. The second-order valence-electron chi connectivity index (χ2n) is 9.40. The molecule has 1 saturated heterocycles. The van der Waals surface area contributed by atoms with Crippen molar-refractivity contribution in [3.8, 4) is 11.5 Å². The van der Waals surface area contributed by atoms with E-state index >= 15 is 0 Å². The van der Waals surface area contributed by atoms with E-state index in [-0.39, 0.29) is 16.6 Å². The molecule has 0 aliphatic carbocycles. The van der Waals surface area contributed by atoms with Crippen molar-refractivity contribution in [2.24, 2.45) is 0 Å². The zero-order valence-electron chi connectivity index (χ0n) is 21.6. The fraction of sp³-hybridized carbons (Fsp3) is 0.241. The van der Waals surface area contributed by atoms with Crippen LogP contribution >= 0.6 is 0 Å². The van der Waals surface area contributed by atoms with Gasteiger partial charge in [-0.1, -0.05) is 30.3 Å². The van der Waals surface area contributed by atoms with E-state index < -0.39 is 10.0 Å². The zero-order chi connectivity index (χ0) is 27.4. The summed E-state index contributed by atoms with van der Waals surface area (Å²) in [6.45, 7) is 3.18. The van der Waals surface area contributed by atoms with E-state index in [9.17, 15) is 18.3 Å². The number of anilines is 1. The van der Waals surface area contributed by atoms with Crippen LogP contribution in [0.15, 0.2) is 83.9 Å². The van der Waals surface area contributed by atoms with Crippen molar-refractivity contribution in [2.45, 2.75) is 17.9 Å². The van der Waals surface area contributed by atoms with Gasteiger partial charge in [-0.2, -0.15) is 0 Å². The molecule has 2 heterocycles. The first-order chi connectivity index (χ1) is 18.9. The van der Waals surface area contributed by atoms with E-state index in [4.69, 9.17) is 4.74 Å². The molecule has 1 aromatic heterocycles. The quantitative estimate of drug-likeness (QED) is 0.359. The summed E-state index contributed by atoms with van der Waals surface area (Å²) < 4.78 is 34.0. The summed E-state index contributed by atoms with van der Waals surface area (Å²) >= 11 is 0. The molecule has 10 heteroatoms. The van der Waals surface area contributed by atoms with E-state index in [2.05, 4.69) is 14.6 Å². The van der Waals surface area contributed by atoms with E-state index in [1.807, 2.05) is 29.2 Å². The number of hydrogen-bond donors (Lipinski definition) is 2. The molecular formula is C29H30N4O5S. The van der Waals surface area contributed by atoms with Crippen LogP contribution in [0.25, 0.3) is 10.9 Å². The number of methoxy groups -OCH3 is 1. The molecule has 2 N–H and O–H groups in total. The fourth-order valence-corrected chi connectivity index (χ4v) is 6.04. The number of carbonyl (C=O) groups is 1. The van der Waals surface area contributed by atoms with Gasteiger partial charge < -0.3 is 14.7 Å². The van der Waals surface area contributed by atoms with Crippen LogP contribution in [0.4, 0.5) is 5.69 Å². The highest BCUT2D eigenvalue weighted by atomic mass is 32.2. The Morgan fingerprint density at radius 3 is 2.54 bits per heavy atom. The van der Waals surface area contributed by atoms with Gasteiger partial charge in [0.1, 0.15) is 4.90 Å². The molecule has 0 radical (unpaired) electrons. The molecule has 0 atom stereocenters. The summed E-state index contributed by atoms with van der Waals surface area (Å²) in [5, 5.41) is 11.2. The second-order valence-corrected chi connectivity index (χ2v) is 11.1. The molecule has 5 rings (SSSR count). The highest BCUT2D eigenvalue weighted by Gasteiger charge is 2.22. The van der Waals surface area contributed by atoms with Crippen LogP contribution in [0.1, 0.15) is 22.3 Å². The lowest BCUT2D eigenvalue weighted by molar-refractivity contribution is 0.0761. The number of fused-ring (bicyclic) bond motifs is 1. The number of sulfonamides is 1. The average Bonchev–Trinajstić information content (AvgIpc) is 3.19. The van der Waals surface area contributed by atoms with Crippen molar-refractivity contribution in [1.29, 1.82) is 0 Å². The maximum atomic E-state index is 13.2. The van der Waals surface area contributed by atoms with Gasteiger partial charge >= 0.3 is 0 Å². The minimum atomic E-state index is -3.88. The summed E-state index contributed by atoms with van der Waals surface area (Å²) in [7, 11) is -2.35. The molecular weight excluding hydrogens is 516 g/mol. The zero-order valence-corrected chi connectivity index (χ0v) is 22.4. The molecule has 0 unspecified atom stereocenters. The van der Waals surface area contributed by atoms with Gasteiger partial charge in [0.05, 0.1) is 12.6 Å². The third kappa shape index (κ3) is 5.81. The molecule has 9 nitrogen and oxygen atoms in total. The van der Waals surface area contributed by atoms with Crippen molar-refractivity contribution >= 4 is 32.5 Å². The van der Waals surface area contributed by atoms with Crippen molar-refractivity contribution in [3.63, 3.8) is 0 Å². The molecule has 0 spiro atoms. The third-order valence-corrected chi connectivity index (χ3v) is 8.25. The van der Waals surface area contributed by atoms with Crippen LogP contribution in [0.3, 0.4) is 0 Å². The van der Waals surface area contributed by atoms with Gasteiger partial charge in [0.25, 0.3) is 15.9 Å². The third-order valence-electron chi connectivity index (χ3n) is 6.84. The minimum Gasteiger partial charge on any atom is -0.504 e. The number of pyridine rings is 1. The normalized spacial score (nSPS) is 14.6. The number of ether oxygens (including phenoxy) is 1. The molecule has 202 valence electrons. The van der Waals surface area contributed by atoms with E-state index in [1.54, 1.807) is 48.7 Å². The lowest BCUT2D eigenvalue weighted by Gasteiger charge is -2.22. The first kappa shape index (κ1) is 26.5. The largest absolute Gasteiger partial charge is 0.504 e. The Labute approximate surface area is 227 Å². The molecule has 1 aliphatic heterocycles. The minimum absolute atomic E-state index is 0.0946. The van der Waals surface area contributed by atoms with Gasteiger partial charge in [0.2, 0.25) is 0 Å². The summed E-state index contributed by atoms with van der Waals surface area (Å²) in [5.41, 5.74) is 2.03. The Morgan fingerprint density at radius 1 is 0.974 bits per heavy atom. The number of phenolic OH excluding ortho intramolecular Hbond substituents is 1. The van der Waals surface area contributed by atoms with Crippen molar-refractivity contribution in [2.75, 3.05) is 38.0 Å². The summed E-state index contributed by atoms with van der Waals surface area (Å²) in [5.74, 6) is 0.483. The first-order valence-corrected chi connectivity index (χ1v) is 14.2. The monoisotopic (exact) mass is 546 g/mol. The number of phenols is 1. The predicted molar refractivity (Wildman–Crippen MR) is 149 cm³/mol. The van der Waals surface area contributed by atoms with Crippen molar-refractivity contribution in [1.82, 2.24) is 14.8 Å². The van der Waals surface area contributed by atoms with Gasteiger partial charge in [-0.05, 0) is 48.9 Å². The van der Waals surface area contributed by atoms with Crippen molar-refractivity contribution < 1.29 is 23.1 Å². The molecule has 0 saturated carbocycles. The SMILES string of the molecule is COc1cccc(CN2CCCN(C(=O)c3ccc(NS(=O)(=O)c4cccc5cccnc45)cc3)CC2)c1O. The van der Waals surface area contributed by atoms with Crippen LogP contribution in [-0.4, -0.2) is 67.5 Å². The van der Waals surface area contributed by atoms with Gasteiger partial charge in [-0.3, -0.25) is 19.4 Å². The first-order valence-electron chi connectivity index (χ1n) is 12.7. The second kappa shape index (κ2) is 11.3. The van der Waals surface area contributed by atoms with E-state index in [0.29, 0.717) is 48.7 Å². The smallest absolute Gasteiger partial charge is 0.264 e. The standard InChI is InChI=1S/C29H30N4O5S/c1-38-25-9-2-7-23(28(25)34)20-32-16-5-17-33(19-18-32)29(35)22-11-13-24(14-12-22)31-39(36,37)26-10-3-6-21-8-4-15-30-27(21)26/h2-4,6-15,31,34H,5,16-20H2,1H3. The number of benzene rings is 3. The van der Waals surface area contributed by atoms with Crippen LogP contribution in [0.2, 0.25) is 0 Å². The number of rotatable bonds is 7. The highest BCUT2D eigenvalue weighted by molar-refractivity contribution is 7.93. The fourth-order valence-electron chi connectivity index (χ4n) is 4.80. The molecule has 1 fully saturated rings. The Hall–Kier alpha value is -4.15. The number of aromatic hydroxyl groups is 1. The number of para-hydroxylation sites is 2. The summed E-state index contributed by atoms with van der Waals surface area (Å²) in [6, 6.07) is 20.5. The molecule has 39 heavy (non-hydrogen) atoms. The molecule has 1 amide bonds. The Bertz CT molecular complexity index is 1590. The summed E-state index contributed by atoms with van der Waals surface area (Å²) in [6.07, 6.45) is 2.36. The van der Waals surface area contributed by atoms with Crippen LogP contribution in [0.5, 0.6) is 11.5 Å². The average molecular weight is 547 g/mol. The number of nitrogens with zero attached hydrogens (tertiary/aromatic N) is 3. The topological polar surface area (TPSA) is 112 Å². The molecule has 0 bridgehead atoms. The van der Waals surface area contributed by atoms with E-state index in [0.717, 1.165) is 23.9 Å². The lowest BCUT2D eigenvalue weighted by atomic mass is 10.1. The Morgan fingerprint density at radius 2 is 1.74 bits per heavy atom. The Balaban J connectivity index is 1.23. The maximum Gasteiger partial charge on any atom is 0.264 e. The lowest BCUT2D eigenvalue weighted by Crippen LogP contribution is -2.35. The number of aromatic nitrogens is 1. The maximum absolute atomic E-state index is 13.2. The summed E-state index contributed by atoms with van der Waals surface area (Å²) in [4.78, 5) is 21.6. The van der Waals surface area contributed by atoms with E-state index in [1.165, 1.54) is 13.2 Å². The highest BCUT2D eigenvalue weighted by Crippen LogP contribution is 2.30. The van der Waals surface area contributed by atoms with Gasteiger partial charge in [0, 0.05) is 61.1 Å². The Kier molecular flexibility index (Phi) is 7.67. The van der Waals surface area contributed by atoms with Crippen LogP contribution in [0, 0.1) is 0 Å². The molecule has 1 aliphatic rings. The molecule has 4 aromatic rings. The van der Waals surface area contributed by atoms with Crippen LogP contribution < -0.4 is 9.46 Å². The number of hydrogen-bond acceptors (Lipinski definition) is 7. The predicted octanol–water partition coefficient (Wildman–Crippen LogP) is 4.10. The van der Waals surface area contributed by atoms with Crippen LogP contribution in [-0.2, 0) is 16.6 Å². The van der Waals surface area contributed by atoms with Gasteiger partial charge in [0.15, 0.2) is 11.5 Å².